The number of halogens is 2. The average Bonchev–Trinajstić information content (AvgIpc) is 2.70. The molecule has 0 aromatic heterocycles. The van der Waals surface area contributed by atoms with Gasteiger partial charge in [-0.1, -0.05) is 42.5 Å². The molecule has 0 amide bonds. The molecule has 0 bridgehead atoms. The third-order valence-corrected chi connectivity index (χ3v) is 4.52. The maximum atomic E-state index is 12.0. The molecule has 3 rings (SSSR count). The zero-order valence-corrected chi connectivity index (χ0v) is 19.3. The van der Waals surface area contributed by atoms with Crippen molar-refractivity contribution in [3.8, 4) is 0 Å². The van der Waals surface area contributed by atoms with Gasteiger partial charge >= 0.3 is 35.0 Å². The fourth-order valence-electron chi connectivity index (χ4n) is 3.18. The fourth-order valence-corrected chi connectivity index (χ4v) is 3.18. The Bertz CT molecular complexity index is 855. The van der Waals surface area contributed by atoms with E-state index in [1.54, 1.807) is 0 Å². The van der Waals surface area contributed by atoms with Gasteiger partial charge < -0.3 is 39.2 Å². The number of anilines is 1. The zero-order chi connectivity index (χ0) is 18.5. The quantitative estimate of drug-likeness (QED) is 0.161. The van der Waals surface area contributed by atoms with Gasteiger partial charge in [0.25, 0.3) is 0 Å². The first-order valence-corrected chi connectivity index (χ1v) is 8.43. The number of carbonyl (C=O) groups is 2. The van der Waals surface area contributed by atoms with Crippen LogP contribution in [0.4, 0.5) is 5.69 Å². The Balaban J connectivity index is 0.00000261. The minimum Gasteiger partial charge on any atom is -1.00 e. The summed E-state index contributed by atoms with van der Waals surface area (Å²) in [5, 5.41) is 0. The number of nitrogens with zero attached hydrogens (tertiary/aromatic N) is 1. The first kappa shape index (κ1) is 27.3. The number of hydrogen-bond acceptors (Lipinski definition) is 5. The van der Waals surface area contributed by atoms with Crippen LogP contribution in [-0.4, -0.2) is 55.8 Å². The predicted molar refractivity (Wildman–Crippen MR) is 105 cm³/mol. The summed E-state index contributed by atoms with van der Waals surface area (Å²) in [6.07, 6.45) is 2.49. The Hall–Kier alpha value is -1.73. The van der Waals surface area contributed by atoms with Crippen molar-refractivity contribution in [2.45, 2.75) is 13.0 Å². The first-order valence-electron chi connectivity index (χ1n) is 8.43. The molecule has 0 saturated carbocycles. The van der Waals surface area contributed by atoms with Crippen LogP contribution in [0.5, 0.6) is 0 Å². The summed E-state index contributed by atoms with van der Waals surface area (Å²) in [6, 6.07) is 16.1. The van der Waals surface area contributed by atoms with Crippen LogP contribution in [0.1, 0.15) is 16.7 Å². The van der Waals surface area contributed by atoms with E-state index in [0.717, 1.165) is 30.8 Å². The van der Waals surface area contributed by atoms with E-state index in [0.29, 0.717) is 0 Å². The van der Waals surface area contributed by atoms with Crippen LogP contribution in [-0.2, 0) is 32.0 Å². The third-order valence-electron chi connectivity index (χ3n) is 4.52. The molecule has 1 aliphatic heterocycles. The van der Waals surface area contributed by atoms with Gasteiger partial charge in [0.2, 0.25) is 0 Å². The van der Waals surface area contributed by atoms with Crippen LogP contribution in [0.3, 0.4) is 0 Å². The standard InChI is InChI=1S/C21H21NO4.2ClH.Mg/c1-25-20(23)18(21(24)26-2)13-16-8-5-6-10-19(16)22-12-11-15-7-3-4-9-17(15)14-22;;;/h3-10,13H,11-12,14H2,1-2H3;2*1H;/q;;;+2/p-2. The molecule has 0 aliphatic carbocycles. The van der Waals surface area contributed by atoms with E-state index in [1.807, 2.05) is 30.3 Å². The normalized spacial score (nSPS) is 11.4. The van der Waals surface area contributed by atoms with Crippen molar-refractivity contribution in [2.24, 2.45) is 0 Å². The molecular formula is C21H21Cl2MgNO4. The van der Waals surface area contributed by atoms with Gasteiger partial charge in [0.1, 0.15) is 5.57 Å². The predicted octanol–water partition coefficient (Wildman–Crippen LogP) is -3.39. The van der Waals surface area contributed by atoms with Gasteiger partial charge in [-0.3, -0.25) is 0 Å². The third kappa shape index (κ3) is 6.37. The number of para-hydroxylation sites is 1. The molecule has 0 unspecified atom stereocenters. The maximum Gasteiger partial charge on any atom is 2.00 e. The van der Waals surface area contributed by atoms with E-state index >= 15 is 0 Å². The molecule has 0 saturated heterocycles. The summed E-state index contributed by atoms with van der Waals surface area (Å²) in [5.41, 5.74) is 4.27. The molecule has 150 valence electrons. The Kier molecular flexibility index (Phi) is 12.0. The number of fused-ring (bicyclic) bond motifs is 1. The number of esters is 2. The minimum atomic E-state index is -0.712. The van der Waals surface area contributed by atoms with Crippen molar-refractivity contribution in [1.29, 1.82) is 0 Å². The van der Waals surface area contributed by atoms with Gasteiger partial charge in [-0.25, -0.2) is 9.59 Å². The van der Waals surface area contributed by atoms with Crippen molar-refractivity contribution in [2.75, 3.05) is 25.7 Å². The number of benzene rings is 2. The second-order valence-corrected chi connectivity index (χ2v) is 6.04. The Morgan fingerprint density at radius 2 is 1.45 bits per heavy atom. The second-order valence-electron chi connectivity index (χ2n) is 6.04. The number of methoxy groups -OCH3 is 2. The average molecular weight is 447 g/mol. The van der Waals surface area contributed by atoms with Gasteiger partial charge in [0.05, 0.1) is 14.2 Å². The zero-order valence-electron chi connectivity index (χ0n) is 16.4. The monoisotopic (exact) mass is 445 g/mol. The SMILES string of the molecule is COC(=O)C(=Cc1ccccc1N1CCc2ccccc2C1)C(=O)OC.[Cl-].[Cl-].[Mg+2]. The van der Waals surface area contributed by atoms with Gasteiger partial charge in [0, 0.05) is 18.8 Å². The number of carbonyl (C=O) groups excluding carboxylic acids is 2. The van der Waals surface area contributed by atoms with Gasteiger partial charge in [0.15, 0.2) is 0 Å². The molecule has 0 radical (unpaired) electrons. The molecule has 1 heterocycles. The van der Waals surface area contributed by atoms with Crippen molar-refractivity contribution >= 4 is 46.8 Å². The fraction of sp³-hybridized carbons (Fsp3) is 0.238. The van der Waals surface area contributed by atoms with Crippen LogP contribution >= 0.6 is 0 Å². The maximum absolute atomic E-state index is 12.0. The molecule has 1 aliphatic rings. The second kappa shape index (κ2) is 12.7. The molecule has 5 nitrogen and oxygen atoms in total. The Labute approximate surface area is 199 Å². The van der Waals surface area contributed by atoms with E-state index in [4.69, 9.17) is 9.47 Å². The Morgan fingerprint density at radius 1 is 0.897 bits per heavy atom. The smallest absolute Gasteiger partial charge is 1.00 e. The van der Waals surface area contributed by atoms with E-state index in [1.165, 1.54) is 31.4 Å². The summed E-state index contributed by atoms with van der Waals surface area (Å²) in [4.78, 5) is 26.2. The van der Waals surface area contributed by atoms with Gasteiger partial charge in [-0.15, -0.1) is 0 Å². The van der Waals surface area contributed by atoms with Crippen molar-refractivity contribution in [3.05, 3.63) is 70.8 Å². The van der Waals surface area contributed by atoms with Crippen LogP contribution in [0, 0.1) is 0 Å². The Morgan fingerprint density at radius 3 is 2.07 bits per heavy atom. The summed E-state index contributed by atoms with van der Waals surface area (Å²) >= 11 is 0. The molecule has 29 heavy (non-hydrogen) atoms. The number of rotatable bonds is 4. The molecule has 0 fully saturated rings. The number of ether oxygens (including phenoxy) is 2. The molecule has 8 heteroatoms. The molecule has 2 aromatic rings. The van der Waals surface area contributed by atoms with Crippen LogP contribution in [0.2, 0.25) is 0 Å². The number of hydrogen-bond donors (Lipinski definition) is 0. The summed E-state index contributed by atoms with van der Waals surface area (Å²) in [5.74, 6) is -1.42. The first-order chi connectivity index (χ1) is 12.6. The van der Waals surface area contributed by atoms with E-state index in [2.05, 4.69) is 23.1 Å². The molecule has 0 atom stereocenters. The van der Waals surface area contributed by atoms with Gasteiger partial charge in [-0.2, -0.15) is 0 Å². The molecule has 2 aromatic carbocycles. The van der Waals surface area contributed by atoms with Crippen molar-refractivity contribution < 1.29 is 43.9 Å². The topological polar surface area (TPSA) is 55.8 Å². The van der Waals surface area contributed by atoms with Gasteiger partial charge in [-0.05, 0) is 35.3 Å². The summed E-state index contributed by atoms with van der Waals surface area (Å²) in [6.45, 7) is 1.65. The summed E-state index contributed by atoms with van der Waals surface area (Å²) in [7, 11) is 2.49. The van der Waals surface area contributed by atoms with Crippen molar-refractivity contribution in [3.63, 3.8) is 0 Å². The van der Waals surface area contributed by atoms with E-state index in [-0.39, 0.29) is 53.4 Å². The molecular weight excluding hydrogens is 425 g/mol. The summed E-state index contributed by atoms with van der Waals surface area (Å²) < 4.78 is 9.44. The van der Waals surface area contributed by atoms with Crippen LogP contribution < -0.4 is 29.7 Å². The molecule has 0 spiro atoms. The molecule has 0 N–H and O–H groups in total. The van der Waals surface area contributed by atoms with Crippen LogP contribution in [0.25, 0.3) is 6.08 Å². The van der Waals surface area contributed by atoms with E-state index < -0.39 is 11.9 Å². The largest absolute Gasteiger partial charge is 2.00 e. The van der Waals surface area contributed by atoms with Crippen molar-refractivity contribution in [1.82, 2.24) is 0 Å². The van der Waals surface area contributed by atoms with Crippen LogP contribution in [0.15, 0.2) is 54.1 Å². The van der Waals surface area contributed by atoms with E-state index in [9.17, 15) is 9.59 Å². The minimum absolute atomic E-state index is 0.